The van der Waals surface area contributed by atoms with E-state index >= 15 is 0 Å². The van der Waals surface area contributed by atoms with Gasteiger partial charge in [-0.2, -0.15) is 0 Å². The molecule has 2 aromatic rings. The summed E-state index contributed by atoms with van der Waals surface area (Å²) in [6.07, 6.45) is 0.175. The Balaban J connectivity index is 1.52. The lowest BCUT2D eigenvalue weighted by Crippen LogP contribution is -2.49. The van der Waals surface area contributed by atoms with Crippen molar-refractivity contribution in [2.75, 3.05) is 39.3 Å². The van der Waals surface area contributed by atoms with E-state index in [9.17, 15) is 9.59 Å². The van der Waals surface area contributed by atoms with Gasteiger partial charge in [0.25, 0.3) is 0 Å². The van der Waals surface area contributed by atoms with E-state index in [1.165, 1.54) is 0 Å². The number of carbonyl (C=O) groups is 2. The van der Waals surface area contributed by atoms with Gasteiger partial charge >= 0.3 is 6.09 Å². The van der Waals surface area contributed by atoms with Gasteiger partial charge in [-0.1, -0.05) is 60.7 Å². The van der Waals surface area contributed by atoms with Crippen LogP contribution in [-0.4, -0.2) is 61.1 Å². The molecule has 1 heterocycles. The molecule has 0 atom stereocenters. The summed E-state index contributed by atoms with van der Waals surface area (Å²) in [5, 5.41) is 3.18. The maximum Gasteiger partial charge on any atom is 0.409 e. The number of piperazine rings is 1. The summed E-state index contributed by atoms with van der Waals surface area (Å²) in [6, 6.07) is 19.9. The Kier molecular flexibility index (Phi) is 7.64. The van der Waals surface area contributed by atoms with Crippen LogP contribution >= 0.6 is 0 Å². The molecular weight excluding hydrogens is 366 g/mol. The van der Waals surface area contributed by atoms with Crippen molar-refractivity contribution in [2.24, 2.45) is 0 Å². The number of nitrogens with zero attached hydrogens (tertiary/aromatic N) is 2. The number of amides is 2. The Labute approximate surface area is 172 Å². The normalized spacial score (nSPS) is 14.6. The van der Waals surface area contributed by atoms with E-state index < -0.39 is 0 Å². The van der Waals surface area contributed by atoms with Crippen LogP contribution in [0.25, 0.3) is 0 Å². The molecule has 154 valence electrons. The highest BCUT2D eigenvalue weighted by Gasteiger charge is 2.23. The highest BCUT2D eigenvalue weighted by Crippen LogP contribution is 2.21. The summed E-state index contributed by atoms with van der Waals surface area (Å²) >= 11 is 0. The fourth-order valence-electron chi connectivity index (χ4n) is 3.51. The van der Waals surface area contributed by atoms with E-state index in [1.807, 2.05) is 67.6 Å². The van der Waals surface area contributed by atoms with Gasteiger partial charge < -0.3 is 15.0 Å². The van der Waals surface area contributed by atoms with E-state index in [4.69, 9.17) is 4.74 Å². The number of benzene rings is 2. The summed E-state index contributed by atoms with van der Waals surface area (Å²) in [5.41, 5.74) is 2.13. The van der Waals surface area contributed by atoms with Crippen molar-refractivity contribution in [2.45, 2.75) is 19.4 Å². The Morgan fingerprint density at radius 2 is 1.48 bits per heavy atom. The number of hydrogen-bond acceptors (Lipinski definition) is 4. The first-order chi connectivity index (χ1) is 14.2. The number of ether oxygens (including phenoxy) is 1. The van der Waals surface area contributed by atoms with E-state index in [2.05, 4.69) is 10.2 Å². The van der Waals surface area contributed by atoms with E-state index in [0.29, 0.717) is 32.7 Å². The molecule has 0 aromatic heterocycles. The summed E-state index contributed by atoms with van der Waals surface area (Å²) in [6.45, 7) is 5.67. The van der Waals surface area contributed by atoms with Gasteiger partial charge in [0.05, 0.1) is 12.6 Å². The van der Waals surface area contributed by atoms with Crippen LogP contribution in [0, 0.1) is 0 Å². The van der Waals surface area contributed by atoms with Crippen LogP contribution in [0.3, 0.4) is 0 Å². The van der Waals surface area contributed by atoms with Crippen molar-refractivity contribution in [1.29, 1.82) is 0 Å². The fraction of sp³-hybridized carbons (Fsp3) is 0.391. The van der Waals surface area contributed by atoms with Crippen LogP contribution < -0.4 is 5.32 Å². The summed E-state index contributed by atoms with van der Waals surface area (Å²) in [4.78, 5) is 28.4. The van der Waals surface area contributed by atoms with Gasteiger partial charge in [0.2, 0.25) is 5.91 Å². The Morgan fingerprint density at radius 3 is 2.00 bits per heavy atom. The highest BCUT2D eigenvalue weighted by atomic mass is 16.6. The summed E-state index contributed by atoms with van der Waals surface area (Å²) in [5.74, 6) is 0.0236. The molecule has 2 aromatic carbocycles. The van der Waals surface area contributed by atoms with Gasteiger partial charge in [0.1, 0.15) is 0 Å². The lowest BCUT2D eigenvalue weighted by atomic mass is 9.98. The van der Waals surface area contributed by atoms with Gasteiger partial charge in [0, 0.05) is 39.1 Å². The van der Waals surface area contributed by atoms with Crippen molar-refractivity contribution in [3.8, 4) is 0 Å². The third-order valence-corrected chi connectivity index (χ3v) is 5.12. The second-order valence-electron chi connectivity index (χ2n) is 7.10. The van der Waals surface area contributed by atoms with Gasteiger partial charge in [-0.25, -0.2) is 4.79 Å². The third kappa shape index (κ3) is 6.06. The van der Waals surface area contributed by atoms with Crippen molar-refractivity contribution in [3.63, 3.8) is 0 Å². The average Bonchev–Trinajstić information content (AvgIpc) is 2.78. The van der Waals surface area contributed by atoms with Crippen molar-refractivity contribution < 1.29 is 14.3 Å². The van der Waals surface area contributed by atoms with Crippen molar-refractivity contribution in [3.05, 3.63) is 71.8 Å². The van der Waals surface area contributed by atoms with Gasteiger partial charge in [-0.05, 0) is 18.1 Å². The molecule has 6 heteroatoms. The molecule has 6 nitrogen and oxygen atoms in total. The molecule has 2 amide bonds. The molecule has 3 rings (SSSR count). The molecule has 1 N–H and O–H groups in total. The second-order valence-corrected chi connectivity index (χ2v) is 7.10. The van der Waals surface area contributed by atoms with E-state index in [0.717, 1.165) is 24.2 Å². The van der Waals surface area contributed by atoms with Gasteiger partial charge in [-0.3, -0.25) is 9.69 Å². The van der Waals surface area contributed by atoms with Gasteiger partial charge in [0.15, 0.2) is 0 Å². The fourth-order valence-corrected chi connectivity index (χ4v) is 3.51. The van der Waals surface area contributed by atoms with Crippen LogP contribution in [0.5, 0.6) is 0 Å². The number of carbonyl (C=O) groups excluding carboxylic acids is 2. The minimum absolute atomic E-state index is 0.0236. The zero-order valence-electron chi connectivity index (χ0n) is 16.9. The predicted octanol–water partition coefficient (Wildman–Crippen LogP) is 3.06. The SMILES string of the molecule is CCOC(=O)N1CCN(CCC(=O)NC(c2ccccc2)c2ccccc2)CC1. The first-order valence-electron chi connectivity index (χ1n) is 10.2. The smallest absolute Gasteiger partial charge is 0.409 e. The highest BCUT2D eigenvalue weighted by molar-refractivity contribution is 5.77. The monoisotopic (exact) mass is 395 g/mol. The number of rotatable bonds is 7. The molecule has 1 fully saturated rings. The first kappa shape index (κ1) is 20.9. The lowest BCUT2D eigenvalue weighted by molar-refractivity contribution is -0.122. The molecular formula is C23H29N3O3. The molecule has 1 aliphatic rings. The maximum absolute atomic E-state index is 12.7. The Hall–Kier alpha value is -2.86. The first-order valence-corrected chi connectivity index (χ1v) is 10.2. The minimum atomic E-state index is -0.251. The molecule has 0 saturated carbocycles. The molecule has 0 spiro atoms. The zero-order chi connectivity index (χ0) is 20.5. The predicted molar refractivity (Wildman–Crippen MR) is 113 cm³/mol. The average molecular weight is 396 g/mol. The van der Waals surface area contributed by atoms with Crippen LogP contribution in [-0.2, 0) is 9.53 Å². The molecule has 0 bridgehead atoms. The molecule has 0 aliphatic carbocycles. The summed E-state index contributed by atoms with van der Waals surface area (Å²) < 4.78 is 5.05. The molecule has 1 saturated heterocycles. The largest absolute Gasteiger partial charge is 0.450 e. The Bertz CT molecular complexity index is 735. The van der Waals surface area contributed by atoms with Crippen molar-refractivity contribution >= 4 is 12.0 Å². The topological polar surface area (TPSA) is 61.9 Å². The Morgan fingerprint density at radius 1 is 0.931 bits per heavy atom. The lowest BCUT2D eigenvalue weighted by Gasteiger charge is -2.33. The standard InChI is InChI=1S/C23H29N3O3/c1-2-29-23(28)26-17-15-25(16-18-26)14-13-21(27)24-22(19-9-5-3-6-10-19)20-11-7-4-8-12-20/h3-12,22H,2,13-18H2,1H3,(H,24,27). The van der Waals surface area contributed by atoms with Crippen LogP contribution in [0.15, 0.2) is 60.7 Å². The minimum Gasteiger partial charge on any atom is -0.450 e. The molecule has 0 radical (unpaired) electrons. The number of hydrogen-bond donors (Lipinski definition) is 1. The number of nitrogens with one attached hydrogen (secondary N) is 1. The molecule has 1 aliphatic heterocycles. The molecule has 29 heavy (non-hydrogen) atoms. The zero-order valence-corrected chi connectivity index (χ0v) is 16.9. The van der Waals surface area contributed by atoms with Crippen LogP contribution in [0.2, 0.25) is 0 Å². The maximum atomic E-state index is 12.7. The van der Waals surface area contributed by atoms with Crippen LogP contribution in [0.1, 0.15) is 30.5 Å². The third-order valence-electron chi connectivity index (χ3n) is 5.12. The van der Waals surface area contributed by atoms with E-state index in [-0.39, 0.29) is 18.0 Å². The second kappa shape index (κ2) is 10.6. The van der Waals surface area contributed by atoms with E-state index in [1.54, 1.807) is 4.90 Å². The van der Waals surface area contributed by atoms with Crippen molar-refractivity contribution in [1.82, 2.24) is 15.1 Å². The molecule has 0 unspecified atom stereocenters. The quantitative estimate of drug-likeness (QED) is 0.783. The van der Waals surface area contributed by atoms with Gasteiger partial charge in [-0.15, -0.1) is 0 Å². The van der Waals surface area contributed by atoms with Crippen LogP contribution in [0.4, 0.5) is 4.79 Å². The summed E-state index contributed by atoms with van der Waals surface area (Å²) in [7, 11) is 0.